The van der Waals surface area contributed by atoms with E-state index in [4.69, 9.17) is 10.7 Å². The Kier molecular flexibility index (Phi) is 7.06. The Hall–Kier alpha value is -5.21. The van der Waals surface area contributed by atoms with Gasteiger partial charge in [0.25, 0.3) is 5.91 Å². The lowest BCUT2D eigenvalue weighted by atomic mass is 10.1. The molecule has 0 unspecified atom stereocenters. The summed E-state index contributed by atoms with van der Waals surface area (Å²) in [5, 5.41) is 7.56. The van der Waals surface area contributed by atoms with Gasteiger partial charge in [-0.3, -0.25) is 18.6 Å². The summed E-state index contributed by atoms with van der Waals surface area (Å²) in [6.07, 6.45) is 3.70. The fourth-order valence-corrected chi connectivity index (χ4v) is 5.40. The summed E-state index contributed by atoms with van der Waals surface area (Å²) in [6.45, 7) is 6.51. The van der Waals surface area contributed by atoms with Gasteiger partial charge in [0.05, 0.1) is 5.52 Å². The predicted octanol–water partition coefficient (Wildman–Crippen LogP) is 6.37. The molecule has 0 aliphatic heterocycles. The second kappa shape index (κ2) is 11.0. The van der Waals surface area contributed by atoms with Crippen molar-refractivity contribution in [3.05, 3.63) is 119 Å². The van der Waals surface area contributed by atoms with Gasteiger partial charge in [-0.1, -0.05) is 60.7 Å². The van der Waals surface area contributed by atoms with E-state index in [9.17, 15) is 9.59 Å². The Morgan fingerprint density at radius 3 is 2.40 bits per heavy atom. The zero-order valence-corrected chi connectivity index (χ0v) is 23.8. The van der Waals surface area contributed by atoms with Crippen molar-refractivity contribution in [2.24, 2.45) is 5.73 Å². The Balaban J connectivity index is 1.45. The zero-order chi connectivity index (χ0) is 29.4. The second-order valence-corrected chi connectivity index (χ2v) is 10.5. The van der Waals surface area contributed by atoms with Crippen LogP contribution < -0.4 is 16.4 Å². The number of carbonyl (C=O) groups is 2. The topological polar surface area (TPSA) is 106 Å². The van der Waals surface area contributed by atoms with Gasteiger partial charge < -0.3 is 16.4 Å². The maximum atomic E-state index is 13.2. The molecule has 0 radical (unpaired) electrons. The molecule has 0 aliphatic rings. The highest BCUT2D eigenvalue weighted by atomic mass is 16.2. The second-order valence-electron chi connectivity index (χ2n) is 10.5. The van der Waals surface area contributed by atoms with Crippen molar-refractivity contribution in [3.63, 3.8) is 0 Å². The summed E-state index contributed by atoms with van der Waals surface area (Å²) in [5.74, 6) is 0.471. The van der Waals surface area contributed by atoms with Crippen LogP contribution in [0.5, 0.6) is 0 Å². The predicted molar refractivity (Wildman–Crippen MR) is 167 cm³/mol. The van der Waals surface area contributed by atoms with E-state index in [-0.39, 0.29) is 11.8 Å². The van der Waals surface area contributed by atoms with Gasteiger partial charge in [0, 0.05) is 54.6 Å². The minimum atomic E-state index is -0.197. The number of nitrogens with two attached hydrogens (primary N) is 1. The van der Waals surface area contributed by atoms with E-state index in [1.807, 2.05) is 71.4 Å². The first-order chi connectivity index (χ1) is 20.3. The number of amides is 1. The minimum absolute atomic E-state index is 0.0820. The lowest BCUT2D eigenvalue weighted by Gasteiger charge is -2.14. The van der Waals surface area contributed by atoms with Crippen LogP contribution in [0.1, 0.15) is 44.3 Å². The van der Waals surface area contributed by atoms with Crippen molar-refractivity contribution in [3.8, 4) is 11.3 Å². The molecule has 1 amide bonds. The number of aromatic nitrogens is 3. The molecule has 0 aliphatic carbocycles. The number of para-hydroxylation sites is 2. The monoisotopic (exact) mass is 556 g/mol. The summed E-state index contributed by atoms with van der Waals surface area (Å²) < 4.78 is 3.60. The summed E-state index contributed by atoms with van der Waals surface area (Å²) >= 11 is 0. The smallest absolute Gasteiger partial charge is 0.251 e. The summed E-state index contributed by atoms with van der Waals surface area (Å²) in [5.41, 5.74) is 14.4. The van der Waals surface area contributed by atoms with E-state index >= 15 is 0 Å². The molecule has 0 saturated carbocycles. The van der Waals surface area contributed by atoms with Crippen LogP contribution in [0.25, 0.3) is 27.8 Å². The molecule has 42 heavy (non-hydrogen) atoms. The van der Waals surface area contributed by atoms with Crippen LogP contribution >= 0.6 is 0 Å². The third kappa shape index (κ3) is 4.93. The molecule has 6 aromatic rings. The summed E-state index contributed by atoms with van der Waals surface area (Å²) in [7, 11) is 0. The van der Waals surface area contributed by atoms with Gasteiger partial charge in [-0.25, -0.2) is 4.98 Å². The van der Waals surface area contributed by atoms with Crippen LogP contribution in [0.2, 0.25) is 0 Å². The van der Waals surface area contributed by atoms with Gasteiger partial charge in [0.2, 0.25) is 5.91 Å². The lowest BCUT2D eigenvalue weighted by molar-refractivity contribution is 0.0937. The number of nitrogens with one attached hydrogen (secondary N) is 2. The third-order valence-electron chi connectivity index (χ3n) is 7.60. The Morgan fingerprint density at radius 2 is 1.64 bits per heavy atom. The maximum absolute atomic E-state index is 13.2. The van der Waals surface area contributed by atoms with Crippen molar-refractivity contribution in [1.82, 2.24) is 19.3 Å². The molecule has 0 saturated heterocycles. The largest absolute Gasteiger partial charge is 0.348 e. The van der Waals surface area contributed by atoms with Gasteiger partial charge in [-0.2, -0.15) is 0 Å². The number of rotatable bonds is 7. The number of hydrogen-bond acceptors (Lipinski definition) is 5. The molecule has 6 rings (SSSR count). The fourth-order valence-electron chi connectivity index (χ4n) is 5.40. The van der Waals surface area contributed by atoms with Crippen LogP contribution in [0.15, 0.2) is 91.3 Å². The van der Waals surface area contributed by atoms with Crippen molar-refractivity contribution in [2.45, 2.75) is 33.9 Å². The fraction of sp³-hybridized carbons (Fsp3) is 0.147. The van der Waals surface area contributed by atoms with E-state index in [1.165, 1.54) is 0 Å². The number of aryl methyl sites for hydroxylation is 2. The molecule has 8 nitrogen and oxygen atoms in total. The molecule has 4 N–H and O–H groups in total. The SMILES string of the molecule is CC(=O)n1cc(-c2nc3cc(C(=O)NCc4cccc(CN)c4)ccn3c2Nc2c(C)cccc2C)c2ccccc21. The Morgan fingerprint density at radius 1 is 0.905 bits per heavy atom. The maximum Gasteiger partial charge on any atom is 0.251 e. The van der Waals surface area contributed by atoms with Crippen LogP contribution in [0.3, 0.4) is 0 Å². The van der Waals surface area contributed by atoms with Gasteiger partial charge in [0.1, 0.15) is 17.2 Å². The first-order valence-electron chi connectivity index (χ1n) is 13.9. The van der Waals surface area contributed by atoms with E-state index in [0.29, 0.717) is 30.0 Å². The Bertz CT molecular complexity index is 1960. The highest BCUT2D eigenvalue weighted by Crippen LogP contribution is 2.38. The molecule has 3 aromatic heterocycles. The molecule has 3 aromatic carbocycles. The van der Waals surface area contributed by atoms with Crippen LogP contribution in [-0.2, 0) is 13.1 Å². The molecule has 0 bridgehead atoms. The highest BCUT2D eigenvalue weighted by molar-refractivity contribution is 6.03. The highest BCUT2D eigenvalue weighted by Gasteiger charge is 2.22. The van der Waals surface area contributed by atoms with E-state index < -0.39 is 0 Å². The molecule has 0 atom stereocenters. The first kappa shape index (κ1) is 27.0. The minimum Gasteiger partial charge on any atom is -0.348 e. The van der Waals surface area contributed by atoms with Gasteiger partial charge in [0.15, 0.2) is 0 Å². The van der Waals surface area contributed by atoms with Crippen molar-refractivity contribution >= 4 is 39.9 Å². The third-order valence-corrected chi connectivity index (χ3v) is 7.60. The molecular weight excluding hydrogens is 524 g/mol. The van der Waals surface area contributed by atoms with Crippen LogP contribution in [-0.4, -0.2) is 25.8 Å². The Labute approximate surface area is 243 Å². The number of hydrogen-bond donors (Lipinski definition) is 3. The average molecular weight is 557 g/mol. The number of fused-ring (bicyclic) bond motifs is 2. The quantitative estimate of drug-likeness (QED) is 0.212. The number of imidazole rings is 1. The molecular formula is C34H32N6O2. The lowest BCUT2D eigenvalue weighted by Crippen LogP contribution is -2.23. The van der Waals surface area contributed by atoms with Crippen molar-refractivity contribution in [2.75, 3.05) is 5.32 Å². The number of nitrogens with zero attached hydrogens (tertiary/aromatic N) is 3. The van der Waals surface area contributed by atoms with E-state index in [2.05, 4.69) is 36.6 Å². The van der Waals surface area contributed by atoms with Crippen LogP contribution in [0, 0.1) is 13.8 Å². The number of carbonyl (C=O) groups excluding carboxylic acids is 2. The average Bonchev–Trinajstić information content (AvgIpc) is 3.56. The van der Waals surface area contributed by atoms with Gasteiger partial charge in [-0.15, -0.1) is 0 Å². The molecule has 3 heterocycles. The van der Waals surface area contributed by atoms with Gasteiger partial charge >= 0.3 is 0 Å². The van der Waals surface area contributed by atoms with Crippen molar-refractivity contribution < 1.29 is 9.59 Å². The molecule has 0 fully saturated rings. The normalized spacial score (nSPS) is 11.2. The molecule has 8 heteroatoms. The van der Waals surface area contributed by atoms with Crippen LogP contribution in [0.4, 0.5) is 11.5 Å². The molecule has 210 valence electrons. The van der Waals surface area contributed by atoms with E-state index in [0.717, 1.165) is 50.2 Å². The van der Waals surface area contributed by atoms with Crippen molar-refractivity contribution in [1.29, 1.82) is 0 Å². The number of anilines is 2. The standard InChI is InChI=1S/C34H32N6O2/c1-21-8-6-9-22(2)31(21)38-33-32(28-20-40(23(3)41)29-13-5-4-12-27(28)29)37-30-17-26(14-15-39(30)33)34(42)36-19-25-11-7-10-24(16-25)18-35/h4-17,20,38H,18-19,35H2,1-3H3,(H,36,42). The molecule has 0 spiro atoms. The zero-order valence-electron chi connectivity index (χ0n) is 23.8. The number of benzene rings is 3. The van der Waals surface area contributed by atoms with E-state index in [1.54, 1.807) is 23.6 Å². The van der Waals surface area contributed by atoms with Gasteiger partial charge in [-0.05, 0) is 54.3 Å². The number of pyridine rings is 1. The first-order valence-corrected chi connectivity index (χ1v) is 13.9. The summed E-state index contributed by atoms with van der Waals surface area (Å²) in [4.78, 5) is 30.7. The summed E-state index contributed by atoms with van der Waals surface area (Å²) in [6, 6.07) is 25.4.